The Kier molecular flexibility index (Phi) is 42.5. The van der Waals surface area contributed by atoms with Crippen LogP contribution in [0, 0.1) is 0 Å². The molecule has 0 unspecified atom stereocenters. The van der Waals surface area contributed by atoms with Crippen LogP contribution < -0.4 is 19.6 Å². The molecule has 0 radical (unpaired) electrons. The Bertz CT molecular complexity index is 1770. The van der Waals surface area contributed by atoms with Crippen LogP contribution in [-0.4, -0.2) is 0 Å². The van der Waals surface area contributed by atoms with Crippen LogP contribution in [0.5, 0.6) is 0 Å². The zero-order chi connectivity index (χ0) is 47.9. The molecule has 0 N–H and O–H groups in total. The molecule has 0 aromatic heterocycles. The summed E-state index contributed by atoms with van der Waals surface area (Å²) in [4.78, 5) is 55.6. The molecule has 13 heteroatoms. The third-order valence-electron chi connectivity index (χ3n) is 12.4. The van der Waals surface area contributed by atoms with Crippen LogP contribution in [0.3, 0.4) is 0 Å². The molecule has 0 saturated heterocycles. The summed E-state index contributed by atoms with van der Waals surface area (Å²) in [5.41, 5.74) is -3.46. The van der Waals surface area contributed by atoms with E-state index in [9.17, 15) is 19.6 Å². The topological polar surface area (TPSA) is 92.2 Å². The molecule has 4 aromatic rings. The normalized spacial score (nSPS) is 11.4. The fourth-order valence-corrected chi connectivity index (χ4v) is 20.6. The molecule has 4 rings (SSSR count). The van der Waals surface area contributed by atoms with Crippen molar-refractivity contribution in [2.75, 3.05) is 0 Å². The summed E-state index contributed by atoms with van der Waals surface area (Å²) in [6.07, 6.45) is 33.2. The van der Waals surface area contributed by atoms with Gasteiger partial charge in [-0.1, -0.05) is 229 Å². The van der Waals surface area contributed by atoms with Crippen LogP contribution in [0.2, 0.25) is 0 Å². The zero-order valence-corrected chi connectivity index (χ0v) is 57.3. The Morgan fingerprint density at radius 2 is 0.478 bits per heavy atom. The third-order valence-corrected chi connectivity index (χ3v) is 24.3. The minimum atomic E-state index is -4.02. The molecule has 4 nitrogen and oxygen atoms in total. The summed E-state index contributed by atoms with van der Waals surface area (Å²) in [6, 6.07) is 32.3. The van der Waals surface area contributed by atoms with Crippen LogP contribution in [-0.2, 0) is 129 Å². The summed E-state index contributed by atoms with van der Waals surface area (Å²) >= 11 is 10.3. The molecule has 69 heavy (non-hydrogen) atoms. The Labute approximate surface area is 475 Å². The standard InChI is InChI=1S/2C28H42O2PS2.3Zn/c2*1-3-5-7-9-11-13-19-25-21-15-17-23-27(25)33(31(29,30)32)28-24-18-16-22-26(28)20-14-12-10-8-6-4-2;;;/h2*15-18,21-24H,3-14,19-20H2,1-2H3;;;/q2*-3;3*+2. The van der Waals surface area contributed by atoms with Crippen molar-refractivity contribution in [3.05, 3.63) is 119 Å². The smallest absolute Gasteiger partial charge is 0.853 e. The van der Waals surface area contributed by atoms with Gasteiger partial charge in [-0.3, -0.25) is 0 Å². The average molecular weight is 1210 g/mol. The fraction of sp³-hybridized carbons (Fsp3) is 0.571. The Balaban J connectivity index is 0.00000128. The molecule has 0 atom stereocenters. The van der Waals surface area contributed by atoms with Gasteiger partial charge in [-0.15, -0.1) is 0 Å². The van der Waals surface area contributed by atoms with Gasteiger partial charge in [-0.25, -0.2) is 0 Å². The largest absolute Gasteiger partial charge is 2.00 e. The van der Waals surface area contributed by atoms with Gasteiger partial charge in [-0.2, -0.15) is 20.1 Å². The molecule has 0 amide bonds. The van der Waals surface area contributed by atoms with E-state index in [0.717, 1.165) is 93.2 Å². The SMILES string of the molecule is CCCCCCCCc1ccccc1S(c1ccccc1CCCCCCCC)=P([O-])([O-])[S-].CCCCCCCCc1ccccc1S(c1ccccc1CCCCCCCC)=P([O-])([O-])[S-].[Zn+2].[Zn+2].[Zn+2]. The van der Waals surface area contributed by atoms with Gasteiger partial charge in [0.2, 0.25) is 0 Å². The van der Waals surface area contributed by atoms with E-state index in [2.05, 4.69) is 52.0 Å². The quantitative estimate of drug-likeness (QED) is 0.0209. The predicted molar refractivity (Wildman–Crippen MR) is 290 cm³/mol. The molecule has 0 spiro atoms. The Morgan fingerprint density at radius 1 is 0.304 bits per heavy atom. The van der Waals surface area contributed by atoms with Crippen molar-refractivity contribution in [3.8, 4) is 0 Å². The molecule has 0 aliphatic heterocycles. The number of hydrogen-bond donors (Lipinski definition) is 0. The van der Waals surface area contributed by atoms with Crippen molar-refractivity contribution < 1.29 is 78.0 Å². The van der Waals surface area contributed by atoms with Crippen molar-refractivity contribution in [3.63, 3.8) is 0 Å². The molecule has 4 aromatic carbocycles. The van der Waals surface area contributed by atoms with Gasteiger partial charge < -0.3 is 55.5 Å². The second kappa shape index (κ2) is 42.0. The van der Waals surface area contributed by atoms with E-state index in [1.165, 1.54) is 128 Å². The van der Waals surface area contributed by atoms with E-state index in [4.69, 9.17) is 24.5 Å². The van der Waals surface area contributed by atoms with E-state index in [0.29, 0.717) is 0 Å². The Morgan fingerprint density at radius 3 is 0.667 bits per heavy atom. The average Bonchev–Trinajstić information content (AvgIpc) is 3.29. The van der Waals surface area contributed by atoms with E-state index in [1.807, 2.05) is 72.8 Å². The molecular weight excluding hydrogens is 1120 g/mol. The fourth-order valence-electron chi connectivity index (χ4n) is 8.70. The van der Waals surface area contributed by atoms with Crippen molar-refractivity contribution >= 4 is 56.0 Å². The van der Waals surface area contributed by atoms with E-state index in [1.54, 1.807) is 0 Å². The van der Waals surface area contributed by atoms with Gasteiger partial charge in [-0.05, 0) is 97.9 Å². The minimum Gasteiger partial charge on any atom is -0.853 e. The predicted octanol–water partition coefficient (Wildman–Crippen LogP) is 14.9. The first-order valence-corrected chi connectivity index (χ1v) is 34.8. The van der Waals surface area contributed by atoms with E-state index >= 15 is 0 Å². The summed E-state index contributed by atoms with van der Waals surface area (Å²) in [5, 5.41) is 0. The summed E-state index contributed by atoms with van der Waals surface area (Å²) in [7, 11) is -2.19. The summed E-state index contributed by atoms with van der Waals surface area (Å²) < 4.78 is 0. The van der Waals surface area contributed by atoms with Crippen LogP contribution in [0.4, 0.5) is 0 Å². The number of rotatable bonds is 32. The van der Waals surface area contributed by atoms with Gasteiger partial charge in [0.25, 0.3) is 0 Å². The molecular formula is C56H84O4P2S4Zn3. The molecule has 0 heterocycles. The van der Waals surface area contributed by atoms with Crippen molar-refractivity contribution in [2.24, 2.45) is 0 Å². The third kappa shape index (κ3) is 28.0. The number of aryl methyl sites for hydroxylation is 4. The summed E-state index contributed by atoms with van der Waals surface area (Å²) in [5.74, 6) is 0. The maximum absolute atomic E-state index is 13.0. The maximum Gasteiger partial charge on any atom is 2.00 e. The maximum atomic E-state index is 13.0. The van der Waals surface area contributed by atoms with Gasteiger partial charge in [0, 0.05) is 19.6 Å². The van der Waals surface area contributed by atoms with Crippen molar-refractivity contribution in [1.29, 1.82) is 0 Å². The number of benzene rings is 4. The zero-order valence-electron chi connectivity index (χ0n) is 43.3. The van der Waals surface area contributed by atoms with Crippen LogP contribution in [0.1, 0.15) is 204 Å². The minimum absolute atomic E-state index is 0. The second-order valence-electron chi connectivity index (χ2n) is 18.0. The first-order valence-electron chi connectivity index (χ1n) is 25.8. The molecule has 0 bridgehead atoms. The second-order valence-corrected chi connectivity index (χ2v) is 32.0. The van der Waals surface area contributed by atoms with Crippen LogP contribution >= 0.6 is 11.4 Å². The number of hydrogen-bond acceptors (Lipinski definition) is 6. The van der Waals surface area contributed by atoms with Crippen LogP contribution in [0.25, 0.3) is 0 Å². The molecule has 0 saturated carbocycles. The molecule has 0 aliphatic carbocycles. The molecule has 0 aliphatic rings. The van der Waals surface area contributed by atoms with Gasteiger partial charge >= 0.3 is 58.4 Å². The van der Waals surface area contributed by atoms with Gasteiger partial charge in [0.15, 0.2) is 0 Å². The first kappa shape index (κ1) is 69.9. The molecule has 372 valence electrons. The van der Waals surface area contributed by atoms with E-state index < -0.39 is 31.5 Å². The monoisotopic (exact) mass is 1200 g/mol. The van der Waals surface area contributed by atoms with E-state index in [-0.39, 0.29) is 58.4 Å². The Hall–Kier alpha value is 0.850. The molecule has 0 fully saturated rings. The first-order chi connectivity index (χ1) is 32.0. The van der Waals surface area contributed by atoms with Gasteiger partial charge in [0.1, 0.15) is 0 Å². The van der Waals surface area contributed by atoms with Gasteiger partial charge in [0.05, 0.1) is 0 Å². The van der Waals surface area contributed by atoms with Crippen molar-refractivity contribution in [2.45, 2.75) is 227 Å². The number of unbranched alkanes of at least 4 members (excludes halogenated alkanes) is 20. The van der Waals surface area contributed by atoms with Crippen molar-refractivity contribution in [1.82, 2.24) is 0 Å². The summed E-state index contributed by atoms with van der Waals surface area (Å²) in [6.45, 7) is 8.94. The van der Waals surface area contributed by atoms with Crippen LogP contribution in [0.15, 0.2) is 117 Å².